The van der Waals surface area contributed by atoms with E-state index >= 15 is 0 Å². The zero-order valence-corrected chi connectivity index (χ0v) is 10.5. The molecule has 1 unspecified atom stereocenters. The average molecular weight is 285 g/mol. The maximum atomic E-state index is 13.6. The Morgan fingerprint density at radius 3 is 2.75 bits per heavy atom. The SMILES string of the molecule is O=C(Nc1c([N+](=O)[O-])ccc(F)c1F)C1CCCCN1. The summed E-state index contributed by atoms with van der Waals surface area (Å²) in [5.74, 6) is -3.27. The molecule has 1 aliphatic heterocycles. The number of hydrogen-bond acceptors (Lipinski definition) is 4. The molecule has 0 aliphatic carbocycles. The van der Waals surface area contributed by atoms with Crippen LogP contribution < -0.4 is 10.6 Å². The summed E-state index contributed by atoms with van der Waals surface area (Å²) in [6.07, 6.45) is 2.31. The van der Waals surface area contributed by atoms with Gasteiger partial charge in [0.1, 0.15) is 0 Å². The van der Waals surface area contributed by atoms with E-state index in [1.165, 1.54) is 0 Å². The Morgan fingerprint density at radius 1 is 1.40 bits per heavy atom. The van der Waals surface area contributed by atoms with Crippen molar-refractivity contribution in [2.45, 2.75) is 25.3 Å². The van der Waals surface area contributed by atoms with Gasteiger partial charge in [-0.2, -0.15) is 0 Å². The zero-order valence-electron chi connectivity index (χ0n) is 10.5. The first-order valence-electron chi connectivity index (χ1n) is 6.17. The van der Waals surface area contributed by atoms with Gasteiger partial charge in [-0.15, -0.1) is 0 Å². The van der Waals surface area contributed by atoms with E-state index in [0.717, 1.165) is 18.9 Å². The Balaban J connectivity index is 2.25. The van der Waals surface area contributed by atoms with Gasteiger partial charge in [0.2, 0.25) is 5.91 Å². The van der Waals surface area contributed by atoms with Crippen molar-refractivity contribution in [3.63, 3.8) is 0 Å². The summed E-state index contributed by atoms with van der Waals surface area (Å²) in [4.78, 5) is 21.8. The molecule has 1 aliphatic rings. The molecule has 1 saturated heterocycles. The smallest absolute Gasteiger partial charge is 0.296 e. The minimum atomic E-state index is -1.43. The van der Waals surface area contributed by atoms with Crippen LogP contribution in [0.2, 0.25) is 0 Å². The first-order chi connectivity index (χ1) is 9.50. The highest BCUT2D eigenvalue weighted by Crippen LogP contribution is 2.29. The van der Waals surface area contributed by atoms with Gasteiger partial charge in [-0.3, -0.25) is 14.9 Å². The normalized spacial score (nSPS) is 18.6. The van der Waals surface area contributed by atoms with Gasteiger partial charge in [-0.25, -0.2) is 8.78 Å². The Morgan fingerprint density at radius 2 is 2.15 bits per heavy atom. The second kappa shape index (κ2) is 5.91. The molecular formula is C12H13F2N3O3. The molecule has 1 aromatic carbocycles. The maximum Gasteiger partial charge on any atom is 0.296 e. The van der Waals surface area contributed by atoms with E-state index in [2.05, 4.69) is 10.6 Å². The van der Waals surface area contributed by atoms with Crippen LogP contribution in [0.3, 0.4) is 0 Å². The van der Waals surface area contributed by atoms with Crippen molar-refractivity contribution in [3.8, 4) is 0 Å². The molecule has 0 saturated carbocycles. The molecule has 0 radical (unpaired) electrons. The number of rotatable bonds is 3. The zero-order chi connectivity index (χ0) is 14.7. The Labute approximate surface area is 113 Å². The number of anilines is 1. The average Bonchev–Trinajstić information content (AvgIpc) is 2.44. The van der Waals surface area contributed by atoms with Gasteiger partial charge in [0.15, 0.2) is 17.3 Å². The van der Waals surface area contributed by atoms with Crippen LogP contribution in [0.1, 0.15) is 19.3 Å². The van der Waals surface area contributed by atoms with Crippen molar-refractivity contribution in [2.24, 2.45) is 0 Å². The number of nitro groups is 1. The van der Waals surface area contributed by atoms with Gasteiger partial charge in [0.05, 0.1) is 11.0 Å². The second-order valence-corrected chi connectivity index (χ2v) is 4.50. The number of nitrogens with zero attached hydrogens (tertiary/aromatic N) is 1. The van der Waals surface area contributed by atoms with Crippen LogP contribution >= 0.6 is 0 Å². The van der Waals surface area contributed by atoms with E-state index in [-0.39, 0.29) is 0 Å². The van der Waals surface area contributed by atoms with E-state index in [1.54, 1.807) is 0 Å². The van der Waals surface area contributed by atoms with Crippen LogP contribution in [0.15, 0.2) is 12.1 Å². The highest BCUT2D eigenvalue weighted by atomic mass is 19.2. The van der Waals surface area contributed by atoms with E-state index in [4.69, 9.17) is 0 Å². The lowest BCUT2D eigenvalue weighted by Gasteiger charge is -2.22. The monoisotopic (exact) mass is 285 g/mol. The molecule has 0 aromatic heterocycles. The van der Waals surface area contributed by atoms with E-state index in [1.807, 2.05) is 0 Å². The van der Waals surface area contributed by atoms with Crippen molar-refractivity contribution >= 4 is 17.3 Å². The number of piperidine rings is 1. The van der Waals surface area contributed by atoms with Crippen LogP contribution in [-0.2, 0) is 4.79 Å². The van der Waals surface area contributed by atoms with E-state index in [9.17, 15) is 23.7 Å². The fourth-order valence-corrected chi connectivity index (χ4v) is 2.10. The van der Waals surface area contributed by atoms with Gasteiger partial charge >= 0.3 is 0 Å². The molecule has 2 N–H and O–H groups in total. The molecule has 2 rings (SSSR count). The summed E-state index contributed by atoms with van der Waals surface area (Å²) in [6.45, 7) is 0.645. The van der Waals surface area contributed by atoms with Crippen molar-refractivity contribution in [1.82, 2.24) is 5.32 Å². The molecule has 8 heteroatoms. The van der Waals surface area contributed by atoms with Crippen LogP contribution in [0.25, 0.3) is 0 Å². The number of carbonyl (C=O) groups excluding carboxylic acids is 1. The minimum Gasteiger partial charge on any atom is -0.316 e. The highest BCUT2D eigenvalue weighted by molar-refractivity contribution is 5.96. The standard InChI is InChI=1S/C12H13F2N3O3/c13-7-4-5-9(17(19)20)11(10(7)14)16-12(18)8-3-1-2-6-15-8/h4-5,8,15H,1-3,6H2,(H,16,18). The summed E-state index contributed by atoms with van der Waals surface area (Å²) in [6, 6.07) is 0.927. The molecule has 6 nitrogen and oxygen atoms in total. The van der Waals surface area contributed by atoms with Gasteiger partial charge in [0, 0.05) is 6.07 Å². The molecular weight excluding hydrogens is 272 g/mol. The fraction of sp³-hybridized carbons (Fsp3) is 0.417. The predicted octanol–water partition coefficient (Wildman–Crippen LogP) is 1.95. The summed E-state index contributed by atoms with van der Waals surface area (Å²) >= 11 is 0. The molecule has 108 valence electrons. The number of nitro benzene ring substituents is 1. The highest BCUT2D eigenvalue weighted by Gasteiger charge is 2.27. The molecule has 1 atom stereocenters. The first kappa shape index (κ1) is 14.3. The summed E-state index contributed by atoms with van der Waals surface area (Å²) in [5, 5.41) is 15.8. The summed E-state index contributed by atoms with van der Waals surface area (Å²) in [5.41, 5.74) is -1.40. The van der Waals surface area contributed by atoms with Crippen LogP contribution in [0.4, 0.5) is 20.2 Å². The van der Waals surface area contributed by atoms with Gasteiger partial charge in [-0.1, -0.05) is 6.42 Å². The van der Waals surface area contributed by atoms with Crippen LogP contribution in [0.5, 0.6) is 0 Å². The molecule has 0 spiro atoms. The fourth-order valence-electron chi connectivity index (χ4n) is 2.10. The maximum absolute atomic E-state index is 13.6. The third-order valence-electron chi connectivity index (χ3n) is 3.14. The van der Waals surface area contributed by atoms with E-state index < -0.39 is 39.9 Å². The van der Waals surface area contributed by atoms with Crippen LogP contribution in [-0.4, -0.2) is 23.4 Å². The molecule has 1 fully saturated rings. The topological polar surface area (TPSA) is 84.3 Å². The molecule has 1 amide bonds. The quantitative estimate of drug-likeness (QED) is 0.656. The number of benzene rings is 1. The van der Waals surface area contributed by atoms with Gasteiger partial charge in [-0.05, 0) is 25.5 Å². The van der Waals surface area contributed by atoms with Crippen molar-refractivity contribution in [2.75, 3.05) is 11.9 Å². The predicted molar refractivity (Wildman–Crippen MR) is 67.3 cm³/mol. The lowest BCUT2D eigenvalue weighted by atomic mass is 10.0. The van der Waals surface area contributed by atoms with Gasteiger partial charge < -0.3 is 10.6 Å². The molecule has 20 heavy (non-hydrogen) atoms. The first-order valence-corrected chi connectivity index (χ1v) is 6.17. The molecule has 0 bridgehead atoms. The van der Waals surface area contributed by atoms with Crippen LogP contribution in [0, 0.1) is 21.7 Å². The number of hydrogen-bond donors (Lipinski definition) is 2. The number of carbonyl (C=O) groups is 1. The van der Waals surface area contributed by atoms with E-state index in [0.29, 0.717) is 19.0 Å². The van der Waals surface area contributed by atoms with Crippen molar-refractivity contribution in [1.29, 1.82) is 0 Å². The number of nitrogens with one attached hydrogen (secondary N) is 2. The van der Waals surface area contributed by atoms with Crippen molar-refractivity contribution in [3.05, 3.63) is 33.9 Å². The third kappa shape index (κ3) is 2.90. The Kier molecular flexibility index (Phi) is 4.23. The Bertz CT molecular complexity index is 545. The number of halogens is 2. The largest absolute Gasteiger partial charge is 0.316 e. The third-order valence-corrected chi connectivity index (χ3v) is 3.14. The summed E-state index contributed by atoms with van der Waals surface area (Å²) in [7, 11) is 0. The number of amides is 1. The van der Waals surface area contributed by atoms with Crippen molar-refractivity contribution < 1.29 is 18.5 Å². The molecule has 1 heterocycles. The lowest BCUT2D eigenvalue weighted by Crippen LogP contribution is -2.43. The minimum absolute atomic E-state index is 0.550. The Hall–Kier alpha value is -2.09. The summed E-state index contributed by atoms with van der Waals surface area (Å²) < 4.78 is 26.8. The molecule has 1 aromatic rings. The van der Waals surface area contributed by atoms with Gasteiger partial charge in [0.25, 0.3) is 5.69 Å². The second-order valence-electron chi connectivity index (χ2n) is 4.50. The lowest BCUT2D eigenvalue weighted by molar-refractivity contribution is -0.384.